The van der Waals surface area contributed by atoms with E-state index in [4.69, 9.17) is 15.2 Å². The van der Waals surface area contributed by atoms with E-state index >= 15 is 0 Å². The second kappa shape index (κ2) is 6.57. The maximum Gasteiger partial charge on any atom is 0.188 e. The fourth-order valence-electron chi connectivity index (χ4n) is 2.78. The van der Waals surface area contributed by atoms with Gasteiger partial charge in [-0.1, -0.05) is 12.8 Å². The Morgan fingerprint density at radius 2 is 2.00 bits per heavy atom. The Kier molecular flexibility index (Phi) is 5.05. The van der Waals surface area contributed by atoms with E-state index in [1.165, 1.54) is 25.7 Å². The summed E-state index contributed by atoms with van der Waals surface area (Å²) in [5.74, 6) is 0.164. The van der Waals surface area contributed by atoms with Crippen LogP contribution in [-0.4, -0.2) is 37.0 Å². The highest BCUT2D eigenvalue weighted by Crippen LogP contribution is 2.36. The summed E-state index contributed by atoms with van der Waals surface area (Å²) >= 11 is 0. The molecule has 1 saturated carbocycles. The van der Waals surface area contributed by atoms with Gasteiger partial charge in [-0.2, -0.15) is 0 Å². The maximum atomic E-state index is 6.11. The van der Waals surface area contributed by atoms with Crippen molar-refractivity contribution in [2.24, 2.45) is 10.7 Å². The van der Waals surface area contributed by atoms with Crippen LogP contribution in [0.4, 0.5) is 0 Å². The molecule has 0 aromatic heterocycles. The first-order chi connectivity index (χ1) is 9.10. The molecule has 0 aromatic rings. The molecule has 2 rings (SSSR count). The van der Waals surface area contributed by atoms with E-state index in [2.05, 4.69) is 10.3 Å². The Morgan fingerprint density at radius 1 is 1.32 bits per heavy atom. The third-order valence-electron chi connectivity index (χ3n) is 3.68. The molecule has 19 heavy (non-hydrogen) atoms. The van der Waals surface area contributed by atoms with Gasteiger partial charge in [0.15, 0.2) is 11.7 Å². The molecular formula is C14H27N3O2. The second-order valence-electron chi connectivity index (χ2n) is 5.90. The second-order valence-corrected chi connectivity index (χ2v) is 5.90. The maximum absolute atomic E-state index is 6.11. The van der Waals surface area contributed by atoms with E-state index in [1.54, 1.807) is 0 Å². The van der Waals surface area contributed by atoms with E-state index in [1.807, 2.05) is 13.8 Å². The van der Waals surface area contributed by atoms with Crippen molar-refractivity contribution in [3.8, 4) is 0 Å². The molecule has 110 valence electrons. The van der Waals surface area contributed by atoms with Gasteiger partial charge >= 0.3 is 0 Å². The van der Waals surface area contributed by atoms with Crippen molar-refractivity contribution in [2.45, 2.75) is 70.3 Å². The van der Waals surface area contributed by atoms with Gasteiger partial charge in [0, 0.05) is 18.9 Å². The normalized spacial score (nSPS) is 27.7. The van der Waals surface area contributed by atoms with Gasteiger partial charge in [-0.05, 0) is 26.7 Å². The molecule has 1 saturated heterocycles. The fourth-order valence-corrected chi connectivity index (χ4v) is 2.78. The van der Waals surface area contributed by atoms with Crippen LogP contribution in [0.2, 0.25) is 0 Å². The average Bonchev–Trinajstić information content (AvgIpc) is 2.59. The first-order valence-electron chi connectivity index (χ1n) is 7.48. The molecule has 5 nitrogen and oxygen atoms in total. The minimum atomic E-state index is -0.322. The molecule has 2 fully saturated rings. The molecule has 1 aliphatic carbocycles. The van der Waals surface area contributed by atoms with Gasteiger partial charge in [-0.3, -0.25) is 4.99 Å². The number of ether oxygens (including phenoxy) is 2. The van der Waals surface area contributed by atoms with Crippen LogP contribution in [-0.2, 0) is 9.47 Å². The van der Waals surface area contributed by atoms with Crippen LogP contribution < -0.4 is 11.1 Å². The third-order valence-corrected chi connectivity index (χ3v) is 3.68. The van der Waals surface area contributed by atoms with E-state index in [-0.39, 0.29) is 11.9 Å². The van der Waals surface area contributed by atoms with Gasteiger partial charge < -0.3 is 20.5 Å². The SMILES string of the molecule is CC(C)NC(N)=NCC1COC2(CCCCCC2)O1. The molecule has 1 atom stereocenters. The van der Waals surface area contributed by atoms with E-state index in [0.717, 1.165) is 12.8 Å². The summed E-state index contributed by atoms with van der Waals surface area (Å²) in [7, 11) is 0. The average molecular weight is 269 g/mol. The van der Waals surface area contributed by atoms with Crippen LogP contribution in [0.1, 0.15) is 52.4 Å². The summed E-state index contributed by atoms with van der Waals surface area (Å²) in [6.07, 6.45) is 7.08. The molecule has 2 aliphatic rings. The zero-order valence-electron chi connectivity index (χ0n) is 12.2. The molecule has 0 aromatic carbocycles. The largest absolute Gasteiger partial charge is 0.370 e. The summed E-state index contributed by atoms with van der Waals surface area (Å²) in [6, 6.07) is 0.303. The zero-order chi connectivity index (χ0) is 13.7. The number of hydrogen-bond donors (Lipinski definition) is 2. The Morgan fingerprint density at radius 3 is 2.63 bits per heavy atom. The van der Waals surface area contributed by atoms with Crippen LogP contribution in [0.15, 0.2) is 4.99 Å². The van der Waals surface area contributed by atoms with Crippen LogP contribution in [0.3, 0.4) is 0 Å². The summed E-state index contributed by atoms with van der Waals surface area (Å²) in [5, 5.41) is 3.08. The predicted molar refractivity (Wildman–Crippen MR) is 76.0 cm³/mol. The van der Waals surface area contributed by atoms with Gasteiger partial charge in [-0.25, -0.2) is 0 Å². The predicted octanol–water partition coefficient (Wildman–Crippen LogP) is 1.76. The number of nitrogens with two attached hydrogens (primary N) is 1. The molecule has 3 N–H and O–H groups in total. The minimum absolute atomic E-state index is 0.0469. The Balaban J connectivity index is 1.81. The van der Waals surface area contributed by atoms with E-state index in [0.29, 0.717) is 25.2 Å². The lowest BCUT2D eigenvalue weighted by Gasteiger charge is -2.26. The molecule has 0 amide bonds. The van der Waals surface area contributed by atoms with E-state index in [9.17, 15) is 0 Å². The first-order valence-corrected chi connectivity index (χ1v) is 7.48. The lowest BCUT2D eigenvalue weighted by atomic mass is 10.1. The third kappa shape index (κ3) is 4.35. The number of nitrogens with one attached hydrogen (secondary N) is 1. The number of aliphatic imine (C=N–C) groups is 1. The molecule has 0 bridgehead atoms. The van der Waals surface area contributed by atoms with Gasteiger partial charge in [0.05, 0.1) is 13.2 Å². The summed E-state index contributed by atoms with van der Waals surface area (Å²) in [6.45, 7) is 5.29. The van der Waals surface area contributed by atoms with Crippen molar-refractivity contribution in [2.75, 3.05) is 13.2 Å². The Hall–Kier alpha value is -0.810. The lowest BCUT2D eigenvalue weighted by Crippen LogP contribution is -2.37. The monoisotopic (exact) mass is 269 g/mol. The topological polar surface area (TPSA) is 68.9 Å². The van der Waals surface area contributed by atoms with Crippen molar-refractivity contribution in [3.63, 3.8) is 0 Å². The van der Waals surface area contributed by atoms with Crippen molar-refractivity contribution in [3.05, 3.63) is 0 Å². The van der Waals surface area contributed by atoms with Crippen molar-refractivity contribution in [1.29, 1.82) is 0 Å². The number of hydrogen-bond acceptors (Lipinski definition) is 3. The molecule has 0 radical (unpaired) electrons. The fraction of sp³-hybridized carbons (Fsp3) is 0.929. The highest BCUT2D eigenvalue weighted by molar-refractivity contribution is 5.78. The first kappa shape index (κ1) is 14.6. The molecule has 1 heterocycles. The molecule has 1 spiro atoms. The number of rotatable bonds is 3. The summed E-state index contributed by atoms with van der Waals surface area (Å²) in [4.78, 5) is 4.33. The molecule has 1 unspecified atom stereocenters. The lowest BCUT2D eigenvalue weighted by molar-refractivity contribution is -0.174. The zero-order valence-corrected chi connectivity index (χ0v) is 12.2. The summed E-state index contributed by atoms with van der Waals surface area (Å²) < 4.78 is 12.0. The van der Waals surface area contributed by atoms with Crippen molar-refractivity contribution < 1.29 is 9.47 Å². The number of guanidine groups is 1. The Labute approximate surface area is 115 Å². The van der Waals surface area contributed by atoms with Gasteiger partial charge in [0.1, 0.15) is 6.10 Å². The standard InChI is InChI=1S/C14H27N3O2/c1-11(2)17-13(15)16-9-12-10-18-14(19-12)7-5-3-4-6-8-14/h11-12H,3-10H2,1-2H3,(H3,15,16,17). The van der Waals surface area contributed by atoms with Crippen LogP contribution in [0.5, 0.6) is 0 Å². The van der Waals surface area contributed by atoms with Crippen LogP contribution in [0, 0.1) is 0 Å². The van der Waals surface area contributed by atoms with Gasteiger partial charge in [-0.15, -0.1) is 0 Å². The van der Waals surface area contributed by atoms with Gasteiger partial charge in [0.2, 0.25) is 0 Å². The Bertz CT molecular complexity index is 310. The smallest absolute Gasteiger partial charge is 0.188 e. The van der Waals surface area contributed by atoms with Crippen molar-refractivity contribution in [1.82, 2.24) is 5.32 Å². The highest BCUT2D eigenvalue weighted by Gasteiger charge is 2.41. The minimum Gasteiger partial charge on any atom is -0.370 e. The quantitative estimate of drug-likeness (QED) is 0.605. The highest BCUT2D eigenvalue weighted by atomic mass is 16.7. The summed E-state index contributed by atoms with van der Waals surface area (Å²) in [5.41, 5.74) is 5.79. The molecule has 1 aliphatic heterocycles. The molecule has 5 heteroatoms. The van der Waals surface area contributed by atoms with E-state index < -0.39 is 0 Å². The number of nitrogens with zero attached hydrogens (tertiary/aromatic N) is 1. The van der Waals surface area contributed by atoms with Crippen molar-refractivity contribution >= 4 is 5.96 Å². The van der Waals surface area contributed by atoms with Crippen LogP contribution >= 0.6 is 0 Å². The van der Waals surface area contributed by atoms with Gasteiger partial charge in [0.25, 0.3) is 0 Å². The van der Waals surface area contributed by atoms with Crippen LogP contribution in [0.25, 0.3) is 0 Å². The molecular weight excluding hydrogens is 242 g/mol.